The van der Waals surface area contributed by atoms with Gasteiger partial charge in [-0.2, -0.15) is 0 Å². The predicted molar refractivity (Wildman–Crippen MR) is 76.5 cm³/mol. The number of benzene rings is 1. The van der Waals surface area contributed by atoms with Crippen molar-refractivity contribution >= 4 is 23.2 Å². The number of nitrogens with one attached hydrogen (secondary N) is 1. The van der Waals surface area contributed by atoms with Gasteiger partial charge < -0.3 is 9.73 Å². The molecule has 0 fully saturated rings. The second-order valence-electron chi connectivity index (χ2n) is 4.07. The number of rotatable bonds is 5. The Kier molecular flexibility index (Phi) is 4.80. The van der Waals surface area contributed by atoms with Crippen molar-refractivity contribution in [2.75, 3.05) is 6.54 Å². The monoisotopic (exact) mass is 299 g/mol. The van der Waals surface area contributed by atoms with Crippen LogP contribution < -0.4 is 5.32 Å². The average Bonchev–Trinajstić information content (AvgIpc) is 2.88. The van der Waals surface area contributed by atoms with E-state index in [4.69, 9.17) is 27.6 Å². The van der Waals surface area contributed by atoms with Crippen molar-refractivity contribution in [2.24, 2.45) is 0 Å². The van der Waals surface area contributed by atoms with E-state index in [9.17, 15) is 0 Å². The van der Waals surface area contributed by atoms with Crippen LogP contribution in [0.25, 0.3) is 11.5 Å². The zero-order valence-electron chi connectivity index (χ0n) is 10.8. The molecule has 1 aromatic carbocycles. The summed E-state index contributed by atoms with van der Waals surface area (Å²) in [6, 6.07) is 5.39. The molecule has 102 valence electrons. The summed E-state index contributed by atoms with van der Waals surface area (Å²) in [6.07, 6.45) is 0.874. The molecule has 1 atom stereocenters. The quantitative estimate of drug-likeness (QED) is 0.903. The molecule has 4 nitrogen and oxygen atoms in total. The SMILES string of the molecule is CCNC(CC)c1nnc(-c2cccc(Cl)c2Cl)o1. The Morgan fingerprint density at radius 2 is 2.05 bits per heavy atom. The van der Waals surface area contributed by atoms with Crippen LogP contribution >= 0.6 is 23.2 Å². The molecule has 2 rings (SSSR count). The first-order valence-corrected chi connectivity index (χ1v) is 6.94. The van der Waals surface area contributed by atoms with E-state index < -0.39 is 0 Å². The van der Waals surface area contributed by atoms with Crippen LogP contribution in [0.15, 0.2) is 22.6 Å². The van der Waals surface area contributed by atoms with Crippen LogP contribution in [0.2, 0.25) is 10.0 Å². The highest BCUT2D eigenvalue weighted by molar-refractivity contribution is 6.43. The second kappa shape index (κ2) is 6.37. The maximum atomic E-state index is 6.14. The predicted octanol–water partition coefficient (Wildman–Crippen LogP) is 4.10. The molecule has 2 aromatic rings. The van der Waals surface area contributed by atoms with Gasteiger partial charge in [0.1, 0.15) is 0 Å². The zero-order valence-corrected chi connectivity index (χ0v) is 12.3. The lowest BCUT2D eigenvalue weighted by Gasteiger charge is -2.10. The first-order valence-electron chi connectivity index (χ1n) is 6.18. The normalized spacial score (nSPS) is 12.6. The Bertz CT molecular complexity index is 557. The topological polar surface area (TPSA) is 51.0 Å². The van der Waals surface area contributed by atoms with Crippen LogP contribution in [-0.2, 0) is 0 Å². The molecule has 0 radical (unpaired) electrons. The van der Waals surface area contributed by atoms with Gasteiger partial charge in [0, 0.05) is 0 Å². The van der Waals surface area contributed by atoms with Crippen molar-refractivity contribution in [1.82, 2.24) is 15.5 Å². The molecule has 0 spiro atoms. The minimum atomic E-state index is 0.0595. The Hall–Kier alpha value is -1.10. The van der Waals surface area contributed by atoms with Crippen LogP contribution in [-0.4, -0.2) is 16.7 Å². The van der Waals surface area contributed by atoms with Crippen molar-refractivity contribution < 1.29 is 4.42 Å². The molecular formula is C13H15Cl2N3O. The van der Waals surface area contributed by atoms with Crippen LogP contribution in [0.3, 0.4) is 0 Å². The van der Waals surface area contributed by atoms with Gasteiger partial charge in [-0.15, -0.1) is 10.2 Å². The number of nitrogens with zero attached hydrogens (tertiary/aromatic N) is 2. The van der Waals surface area contributed by atoms with E-state index in [1.54, 1.807) is 18.2 Å². The molecule has 1 aromatic heterocycles. The number of hydrogen-bond acceptors (Lipinski definition) is 4. The van der Waals surface area contributed by atoms with Gasteiger partial charge in [-0.05, 0) is 25.1 Å². The summed E-state index contributed by atoms with van der Waals surface area (Å²) in [5.41, 5.74) is 0.652. The van der Waals surface area contributed by atoms with Gasteiger partial charge in [-0.3, -0.25) is 0 Å². The van der Waals surface area contributed by atoms with E-state index in [1.165, 1.54) is 0 Å². The highest BCUT2D eigenvalue weighted by Crippen LogP contribution is 2.33. The minimum Gasteiger partial charge on any atom is -0.419 e. The zero-order chi connectivity index (χ0) is 13.8. The van der Waals surface area contributed by atoms with E-state index in [-0.39, 0.29) is 6.04 Å². The van der Waals surface area contributed by atoms with Crippen LogP contribution in [0.1, 0.15) is 32.2 Å². The summed E-state index contributed by atoms with van der Waals surface area (Å²) >= 11 is 12.1. The molecule has 0 aliphatic rings. The van der Waals surface area contributed by atoms with Gasteiger partial charge in [0.25, 0.3) is 0 Å². The van der Waals surface area contributed by atoms with Crippen LogP contribution in [0.5, 0.6) is 0 Å². The number of hydrogen-bond donors (Lipinski definition) is 1. The summed E-state index contributed by atoms with van der Waals surface area (Å²) in [5.74, 6) is 0.953. The van der Waals surface area contributed by atoms with Gasteiger partial charge in [-0.25, -0.2) is 0 Å². The second-order valence-corrected chi connectivity index (χ2v) is 4.85. The summed E-state index contributed by atoms with van der Waals surface area (Å²) < 4.78 is 5.68. The summed E-state index contributed by atoms with van der Waals surface area (Å²) in [5, 5.41) is 12.3. The third-order valence-electron chi connectivity index (χ3n) is 2.78. The van der Waals surface area contributed by atoms with E-state index >= 15 is 0 Å². The number of aromatic nitrogens is 2. The van der Waals surface area contributed by atoms with Crippen molar-refractivity contribution in [3.8, 4) is 11.5 Å². The fourth-order valence-electron chi connectivity index (χ4n) is 1.81. The van der Waals surface area contributed by atoms with Gasteiger partial charge in [-0.1, -0.05) is 43.1 Å². The molecule has 1 N–H and O–H groups in total. The lowest BCUT2D eigenvalue weighted by molar-refractivity contribution is 0.402. The summed E-state index contributed by atoms with van der Waals surface area (Å²) in [6.45, 7) is 4.94. The third kappa shape index (κ3) is 3.08. The molecule has 1 unspecified atom stereocenters. The number of halogens is 2. The Morgan fingerprint density at radius 3 is 2.74 bits per heavy atom. The Morgan fingerprint density at radius 1 is 1.26 bits per heavy atom. The summed E-state index contributed by atoms with van der Waals surface area (Å²) in [7, 11) is 0. The lowest BCUT2D eigenvalue weighted by atomic mass is 10.2. The van der Waals surface area contributed by atoms with Crippen LogP contribution in [0.4, 0.5) is 0 Å². The van der Waals surface area contributed by atoms with Crippen molar-refractivity contribution in [1.29, 1.82) is 0 Å². The minimum absolute atomic E-state index is 0.0595. The Labute approximate surface area is 122 Å². The molecule has 0 amide bonds. The highest BCUT2D eigenvalue weighted by atomic mass is 35.5. The molecule has 0 aliphatic carbocycles. The van der Waals surface area contributed by atoms with E-state index in [0.29, 0.717) is 27.4 Å². The first kappa shape index (κ1) is 14.3. The fraction of sp³-hybridized carbons (Fsp3) is 0.385. The maximum absolute atomic E-state index is 6.14. The maximum Gasteiger partial charge on any atom is 0.249 e. The van der Waals surface area contributed by atoms with Crippen molar-refractivity contribution in [3.63, 3.8) is 0 Å². The third-order valence-corrected chi connectivity index (χ3v) is 3.60. The van der Waals surface area contributed by atoms with Gasteiger partial charge in [0.2, 0.25) is 11.8 Å². The Balaban J connectivity index is 2.32. The van der Waals surface area contributed by atoms with Gasteiger partial charge >= 0.3 is 0 Å². The molecular weight excluding hydrogens is 285 g/mol. The van der Waals surface area contributed by atoms with Gasteiger partial charge in [0.05, 0.1) is 21.7 Å². The largest absolute Gasteiger partial charge is 0.419 e. The lowest BCUT2D eigenvalue weighted by Crippen LogP contribution is -2.20. The summed E-state index contributed by atoms with van der Waals surface area (Å²) in [4.78, 5) is 0. The average molecular weight is 300 g/mol. The van der Waals surface area contributed by atoms with E-state index in [2.05, 4.69) is 22.4 Å². The van der Waals surface area contributed by atoms with Crippen molar-refractivity contribution in [2.45, 2.75) is 26.3 Å². The molecule has 1 heterocycles. The highest BCUT2D eigenvalue weighted by Gasteiger charge is 2.18. The first-order chi connectivity index (χ1) is 9.17. The molecule has 19 heavy (non-hydrogen) atoms. The van der Waals surface area contributed by atoms with Gasteiger partial charge in [0.15, 0.2) is 0 Å². The van der Waals surface area contributed by atoms with Crippen LogP contribution in [0, 0.1) is 0 Å². The van der Waals surface area contributed by atoms with E-state index in [0.717, 1.165) is 13.0 Å². The molecule has 0 saturated carbocycles. The fourth-order valence-corrected chi connectivity index (χ4v) is 2.19. The molecule has 0 saturated heterocycles. The van der Waals surface area contributed by atoms with Crippen molar-refractivity contribution in [3.05, 3.63) is 34.1 Å². The molecule has 0 aliphatic heterocycles. The molecule has 0 bridgehead atoms. The standard InChI is InChI=1S/C13H15Cl2N3O/c1-3-10(16-4-2)13-18-17-12(19-13)8-6-5-7-9(14)11(8)15/h5-7,10,16H,3-4H2,1-2H3. The smallest absolute Gasteiger partial charge is 0.249 e. The van der Waals surface area contributed by atoms with E-state index in [1.807, 2.05) is 6.92 Å². The molecule has 6 heteroatoms.